The van der Waals surface area contributed by atoms with Crippen LogP contribution in [0.4, 0.5) is 0 Å². The van der Waals surface area contributed by atoms with Crippen molar-refractivity contribution >= 4 is 31.5 Å². The van der Waals surface area contributed by atoms with E-state index >= 15 is 0 Å². The summed E-state index contributed by atoms with van der Waals surface area (Å²) in [6.45, 7) is 15.1. The Balaban J connectivity index is 2.98. The van der Waals surface area contributed by atoms with Gasteiger partial charge in [-0.15, -0.1) is 0 Å². The molecule has 1 heterocycles. The van der Waals surface area contributed by atoms with E-state index in [0.29, 0.717) is 22.0 Å². The Labute approximate surface area is 165 Å². The molecule has 1 N–H and O–H groups in total. The molecule has 6 heteroatoms. The molecule has 3 nitrogen and oxygen atoms in total. The fourth-order valence-corrected chi connectivity index (χ4v) is 6.34. The molecule has 1 aromatic rings. The number of hydrogen-bond acceptors (Lipinski definition) is 3. The van der Waals surface area contributed by atoms with Crippen LogP contribution in [0.1, 0.15) is 59.6 Å². The maximum absolute atomic E-state index is 6.75. The summed E-state index contributed by atoms with van der Waals surface area (Å²) in [6.07, 6.45) is 4.28. The SMILES string of the molecule is CC[Si](CC)(CC)OC(CNCCC(C)(C)C)c1c(Cl)cncc1Cl. The van der Waals surface area contributed by atoms with Crippen LogP contribution in [0.15, 0.2) is 12.4 Å². The average Bonchev–Trinajstić information content (AvgIpc) is 2.55. The number of pyridine rings is 1. The first kappa shape index (κ1) is 22.9. The Kier molecular flexibility index (Phi) is 9.41. The van der Waals surface area contributed by atoms with Crippen molar-refractivity contribution in [3.8, 4) is 0 Å². The predicted molar refractivity (Wildman–Crippen MR) is 112 cm³/mol. The smallest absolute Gasteiger partial charge is 0.192 e. The van der Waals surface area contributed by atoms with Gasteiger partial charge in [-0.1, -0.05) is 64.7 Å². The Bertz CT molecular complexity index is 502. The lowest BCUT2D eigenvalue weighted by Gasteiger charge is -2.34. The largest absolute Gasteiger partial charge is 0.409 e. The highest BCUT2D eigenvalue weighted by Crippen LogP contribution is 2.36. The standard InChI is InChI=1S/C19H34Cl2N2OSi/c1-7-25(8-2,9-3)24-17(14-22-11-10-19(4,5)6)18-15(20)12-23-13-16(18)21/h12-13,17,22H,7-11,14H2,1-6H3. The summed E-state index contributed by atoms with van der Waals surface area (Å²) in [5.74, 6) is 0. The molecule has 0 aliphatic heterocycles. The molecule has 0 spiro atoms. The van der Waals surface area contributed by atoms with Gasteiger partial charge in [0.1, 0.15) is 0 Å². The Morgan fingerprint density at radius 3 is 2.04 bits per heavy atom. The molecule has 0 fully saturated rings. The highest BCUT2D eigenvalue weighted by Gasteiger charge is 2.34. The lowest BCUT2D eigenvalue weighted by Crippen LogP contribution is -2.40. The summed E-state index contributed by atoms with van der Waals surface area (Å²) in [4.78, 5) is 4.08. The van der Waals surface area contributed by atoms with E-state index in [9.17, 15) is 0 Å². The van der Waals surface area contributed by atoms with E-state index < -0.39 is 8.32 Å². The minimum Gasteiger partial charge on any atom is -0.409 e. The molecule has 0 amide bonds. The second-order valence-corrected chi connectivity index (χ2v) is 13.4. The Morgan fingerprint density at radius 2 is 1.60 bits per heavy atom. The normalized spacial score (nSPS) is 13.9. The summed E-state index contributed by atoms with van der Waals surface area (Å²) < 4.78 is 6.75. The van der Waals surface area contributed by atoms with Gasteiger partial charge in [-0.3, -0.25) is 4.98 Å². The van der Waals surface area contributed by atoms with Crippen molar-refractivity contribution in [3.05, 3.63) is 28.0 Å². The maximum Gasteiger partial charge on any atom is 0.192 e. The van der Waals surface area contributed by atoms with Crippen LogP contribution in [0.25, 0.3) is 0 Å². The zero-order chi connectivity index (χ0) is 19.1. The van der Waals surface area contributed by atoms with E-state index in [1.807, 2.05) is 0 Å². The zero-order valence-electron chi connectivity index (χ0n) is 16.6. The molecular formula is C19H34Cl2N2OSi. The van der Waals surface area contributed by atoms with Crippen LogP contribution >= 0.6 is 23.2 Å². The van der Waals surface area contributed by atoms with Crippen LogP contribution in [-0.4, -0.2) is 26.4 Å². The van der Waals surface area contributed by atoms with E-state index in [-0.39, 0.29) is 6.10 Å². The van der Waals surface area contributed by atoms with Gasteiger partial charge in [0.15, 0.2) is 8.32 Å². The van der Waals surface area contributed by atoms with Crippen molar-refractivity contribution < 1.29 is 4.43 Å². The topological polar surface area (TPSA) is 34.1 Å². The molecule has 1 aromatic heterocycles. The predicted octanol–water partition coefficient (Wildman–Crippen LogP) is 6.48. The number of nitrogens with zero attached hydrogens (tertiary/aromatic N) is 1. The van der Waals surface area contributed by atoms with Crippen LogP contribution in [0.5, 0.6) is 0 Å². The fraction of sp³-hybridized carbons (Fsp3) is 0.737. The van der Waals surface area contributed by atoms with Gasteiger partial charge in [-0.05, 0) is 36.5 Å². The van der Waals surface area contributed by atoms with Crippen LogP contribution in [0.3, 0.4) is 0 Å². The fourth-order valence-electron chi connectivity index (χ4n) is 2.93. The third kappa shape index (κ3) is 7.18. The number of hydrogen-bond donors (Lipinski definition) is 1. The van der Waals surface area contributed by atoms with Crippen molar-refractivity contribution in [1.29, 1.82) is 0 Å². The molecule has 0 aliphatic rings. The summed E-state index contributed by atoms with van der Waals surface area (Å²) in [5.41, 5.74) is 1.18. The molecule has 1 rings (SSSR count). The van der Waals surface area contributed by atoms with Gasteiger partial charge in [0.05, 0.1) is 16.1 Å². The van der Waals surface area contributed by atoms with Gasteiger partial charge >= 0.3 is 0 Å². The molecule has 1 atom stereocenters. The first-order chi connectivity index (χ1) is 11.7. The molecule has 1 unspecified atom stereocenters. The molecule has 0 saturated carbocycles. The van der Waals surface area contributed by atoms with Gasteiger partial charge in [0.2, 0.25) is 0 Å². The quantitative estimate of drug-likeness (QED) is 0.357. The number of halogens is 2. The van der Waals surface area contributed by atoms with Gasteiger partial charge in [-0.2, -0.15) is 0 Å². The van der Waals surface area contributed by atoms with Crippen LogP contribution in [0.2, 0.25) is 28.2 Å². The third-order valence-electron chi connectivity index (χ3n) is 4.92. The van der Waals surface area contributed by atoms with Gasteiger partial charge in [0, 0.05) is 24.5 Å². The summed E-state index contributed by atoms with van der Waals surface area (Å²) in [6, 6.07) is 3.29. The van der Waals surface area contributed by atoms with Crippen LogP contribution in [-0.2, 0) is 4.43 Å². The van der Waals surface area contributed by atoms with E-state index in [2.05, 4.69) is 51.8 Å². The van der Waals surface area contributed by atoms with Gasteiger partial charge in [-0.25, -0.2) is 0 Å². The third-order valence-corrected chi connectivity index (χ3v) is 10.2. The molecule has 0 aliphatic carbocycles. The second-order valence-electron chi connectivity index (χ2n) is 7.88. The summed E-state index contributed by atoms with van der Waals surface area (Å²) in [5, 5.41) is 4.72. The van der Waals surface area contributed by atoms with Crippen molar-refractivity contribution in [2.45, 2.75) is 72.2 Å². The number of aromatic nitrogens is 1. The summed E-state index contributed by atoms with van der Waals surface area (Å²) >= 11 is 12.9. The lowest BCUT2D eigenvalue weighted by atomic mass is 9.92. The molecule has 0 saturated heterocycles. The minimum atomic E-state index is -1.78. The minimum absolute atomic E-state index is 0.130. The van der Waals surface area contributed by atoms with E-state index in [1.54, 1.807) is 12.4 Å². The van der Waals surface area contributed by atoms with Crippen LogP contribution < -0.4 is 5.32 Å². The van der Waals surface area contributed by atoms with E-state index in [1.165, 1.54) is 0 Å². The maximum atomic E-state index is 6.75. The van der Waals surface area contributed by atoms with Crippen molar-refractivity contribution in [2.24, 2.45) is 5.41 Å². The highest BCUT2D eigenvalue weighted by atomic mass is 35.5. The molecular weight excluding hydrogens is 371 g/mol. The number of rotatable bonds is 10. The van der Waals surface area contributed by atoms with Crippen molar-refractivity contribution in [2.75, 3.05) is 13.1 Å². The Hall–Kier alpha value is -0.133. The van der Waals surface area contributed by atoms with Crippen molar-refractivity contribution in [3.63, 3.8) is 0 Å². The molecule has 0 radical (unpaired) electrons. The second kappa shape index (κ2) is 10.3. The molecule has 144 valence electrons. The van der Waals surface area contributed by atoms with E-state index in [4.69, 9.17) is 27.6 Å². The highest BCUT2D eigenvalue weighted by molar-refractivity contribution is 6.73. The first-order valence-corrected chi connectivity index (χ1v) is 12.6. The number of nitrogens with one attached hydrogen (secondary N) is 1. The monoisotopic (exact) mass is 404 g/mol. The van der Waals surface area contributed by atoms with Gasteiger partial charge in [0.25, 0.3) is 0 Å². The Morgan fingerprint density at radius 1 is 1.08 bits per heavy atom. The van der Waals surface area contributed by atoms with Crippen molar-refractivity contribution in [1.82, 2.24) is 10.3 Å². The van der Waals surface area contributed by atoms with Crippen LogP contribution in [0, 0.1) is 5.41 Å². The van der Waals surface area contributed by atoms with Gasteiger partial charge < -0.3 is 9.74 Å². The average molecular weight is 405 g/mol. The summed E-state index contributed by atoms with van der Waals surface area (Å²) in [7, 11) is -1.78. The zero-order valence-corrected chi connectivity index (χ0v) is 19.1. The van der Waals surface area contributed by atoms with E-state index in [0.717, 1.165) is 36.7 Å². The lowest BCUT2D eigenvalue weighted by molar-refractivity contribution is 0.184. The molecule has 0 aromatic carbocycles. The molecule has 25 heavy (non-hydrogen) atoms. The first-order valence-electron chi connectivity index (χ1n) is 9.35. The molecule has 0 bridgehead atoms.